The topological polar surface area (TPSA) is 237 Å². The van der Waals surface area contributed by atoms with Crippen molar-refractivity contribution in [3.05, 3.63) is 0 Å². The highest BCUT2D eigenvalue weighted by Gasteiger charge is 2.30. The molecule has 2 unspecified atom stereocenters. The van der Waals surface area contributed by atoms with E-state index in [-0.39, 0.29) is 25.7 Å². The first-order chi connectivity index (χ1) is 44.7. The van der Waals surface area contributed by atoms with Crippen LogP contribution in [0.3, 0.4) is 0 Å². The minimum atomic E-state index is -4.96. The molecule has 0 saturated carbocycles. The second-order valence-corrected chi connectivity index (χ2v) is 31.0. The molecule has 0 fully saturated rings. The number of rotatable bonds is 72. The number of unbranched alkanes of at least 4 members (excludes halogenated alkanes) is 40. The number of hydrogen-bond donors (Lipinski definition) is 3. The van der Waals surface area contributed by atoms with Gasteiger partial charge in [-0.3, -0.25) is 37.3 Å². The summed E-state index contributed by atoms with van der Waals surface area (Å²) in [5.74, 6) is 0.0413. The highest BCUT2D eigenvalue weighted by atomic mass is 31.2. The molecule has 0 aromatic heterocycles. The highest BCUT2D eigenvalue weighted by Crippen LogP contribution is 2.45. The maximum atomic E-state index is 13.1. The van der Waals surface area contributed by atoms with Crippen molar-refractivity contribution < 1.29 is 80.2 Å². The fraction of sp³-hybridized carbons (Fsp3) is 0.946. The van der Waals surface area contributed by atoms with Crippen LogP contribution in [0.15, 0.2) is 0 Å². The molecule has 0 bridgehead atoms. The van der Waals surface area contributed by atoms with Crippen LogP contribution in [-0.2, 0) is 65.4 Å². The Bertz CT molecular complexity index is 1820. The molecule has 0 rings (SSSR count). The molecular formula is C74H144O17P2. The number of ether oxygens (including phenoxy) is 4. The summed E-state index contributed by atoms with van der Waals surface area (Å²) in [5, 5.41) is 10.6. The third kappa shape index (κ3) is 68.4. The van der Waals surface area contributed by atoms with Gasteiger partial charge in [-0.1, -0.05) is 325 Å². The maximum Gasteiger partial charge on any atom is 0.472 e. The molecule has 0 aliphatic carbocycles. The maximum absolute atomic E-state index is 13.1. The number of aliphatic hydroxyl groups is 1. The average Bonchev–Trinajstić information content (AvgIpc) is 1.85. The molecule has 0 radical (unpaired) electrons. The lowest BCUT2D eigenvalue weighted by atomic mass is 10.0. The van der Waals surface area contributed by atoms with E-state index in [1.165, 1.54) is 180 Å². The van der Waals surface area contributed by atoms with Gasteiger partial charge in [0.1, 0.15) is 19.3 Å². The van der Waals surface area contributed by atoms with Gasteiger partial charge in [0, 0.05) is 25.7 Å². The van der Waals surface area contributed by atoms with Crippen molar-refractivity contribution in [1.82, 2.24) is 0 Å². The zero-order valence-electron chi connectivity index (χ0n) is 60.7. The summed E-state index contributed by atoms with van der Waals surface area (Å²) in [6.07, 6.45) is 50.3. The van der Waals surface area contributed by atoms with Crippen molar-refractivity contribution >= 4 is 39.5 Å². The van der Waals surface area contributed by atoms with E-state index < -0.39 is 97.5 Å². The Morgan fingerprint density at radius 2 is 0.495 bits per heavy atom. The van der Waals surface area contributed by atoms with Crippen molar-refractivity contribution in [2.45, 2.75) is 394 Å². The van der Waals surface area contributed by atoms with Crippen LogP contribution < -0.4 is 0 Å². The lowest BCUT2D eigenvalue weighted by Crippen LogP contribution is -2.30. The van der Waals surface area contributed by atoms with E-state index in [4.69, 9.17) is 37.0 Å². The van der Waals surface area contributed by atoms with Crippen LogP contribution in [0.4, 0.5) is 0 Å². The van der Waals surface area contributed by atoms with Gasteiger partial charge >= 0.3 is 39.5 Å². The van der Waals surface area contributed by atoms with E-state index in [1.807, 2.05) is 0 Å². The summed E-state index contributed by atoms with van der Waals surface area (Å²) in [6.45, 7) is 11.8. The summed E-state index contributed by atoms with van der Waals surface area (Å²) in [4.78, 5) is 72.6. The van der Waals surface area contributed by atoms with Crippen LogP contribution in [0.1, 0.15) is 376 Å². The number of carbonyl (C=O) groups is 4. The van der Waals surface area contributed by atoms with Crippen LogP contribution in [0.25, 0.3) is 0 Å². The number of hydrogen-bond acceptors (Lipinski definition) is 15. The zero-order valence-corrected chi connectivity index (χ0v) is 62.5. The Balaban J connectivity index is 5.22. The summed E-state index contributed by atoms with van der Waals surface area (Å²) < 4.78 is 68.4. The van der Waals surface area contributed by atoms with Crippen molar-refractivity contribution in [2.75, 3.05) is 39.6 Å². The second-order valence-electron chi connectivity index (χ2n) is 28.1. The van der Waals surface area contributed by atoms with E-state index in [0.29, 0.717) is 37.5 Å². The van der Waals surface area contributed by atoms with Gasteiger partial charge in [0.2, 0.25) is 0 Å². The second kappa shape index (κ2) is 64.7. The fourth-order valence-corrected chi connectivity index (χ4v) is 12.8. The average molecular weight is 1370 g/mol. The molecule has 0 amide bonds. The van der Waals surface area contributed by atoms with Crippen molar-refractivity contribution in [1.29, 1.82) is 0 Å². The summed E-state index contributed by atoms with van der Waals surface area (Å²) in [7, 11) is -9.91. The Morgan fingerprint density at radius 1 is 0.290 bits per heavy atom. The first kappa shape index (κ1) is 91.1. The van der Waals surface area contributed by atoms with E-state index in [1.54, 1.807) is 0 Å². The molecule has 0 spiro atoms. The molecule has 0 saturated heterocycles. The molecule has 0 aromatic carbocycles. The number of carbonyl (C=O) groups excluding carboxylic acids is 4. The van der Waals surface area contributed by atoms with E-state index >= 15 is 0 Å². The summed E-state index contributed by atoms with van der Waals surface area (Å²) >= 11 is 0. The number of phosphoric acid groups is 2. The van der Waals surface area contributed by atoms with Crippen LogP contribution in [0, 0.1) is 17.8 Å². The minimum Gasteiger partial charge on any atom is -0.462 e. The van der Waals surface area contributed by atoms with Gasteiger partial charge < -0.3 is 33.8 Å². The minimum absolute atomic E-state index is 0.102. The van der Waals surface area contributed by atoms with E-state index in [0.717, 1.165) is 102 Å². The zero-order chi connectivity index (χ0) is 68.7. The SMILES string of the molecule is CCCCCCCCCCCCCCCCCCCCC(=O)O[C@H](COC(=O)CCCCCCCCCCCCCCCC(C)C)COP(=O)(O)OC[C@@H](O)COP(=O)(O)OC[C@@H](COC(=O)CCCCCCCCC(C)C)OC(=O)CCCCCCCCCC(C)C. The van der Waals surface area contributed by atoms with Crippen LogP contribution >= 0.6 is 15.6 Å². The van der Waals surface area contributed by atoms with Gasteiger partial charge in [-0.25, -0.2) is 9.13 Å². The number of aliphatic hydroxyl groups excluding tert-OH is 1. The smallest absolute Gasteiger partial charge is 0.462 e. The molecule has 0 aromatic rings. The lowest BCUT2D eigenvalue weighted by Gasteiger charge is -2.21. The van der Waals surface area contributed by atoms with Gasteiger partial charge in [0.15, 0.2) is 12.2 Å². The predicted molar refractivity (Wildman–Crippen MR) is 377 cm³/mol. The van der Waals surface area contributed by atoms with E-state index in [9.17, 15) is 43.2 Å². The van der Waals surface area contributed by atoms with Gasteiger partial charge in [-0.05, 0) is 43.4 Å². The normalized spacial score (nSPS) is 14.1. The molecule has 17 nitrogen and oxygen atoms in total. The van der Waals surface area contributed by atoms with Gasteiger partial charge in [0.05, 0.1) is 26.4 Å². The molecule has 3 N–H and O–H groups in total. The first-order valence-electron chi connectivity index (χ1n) is 38.3. The third-order valence-corrected chi connectivity index (χ3v) is 19.0. The van der Waals surface area contributed by atoms with Crippen molar-refractivity contribution in [3.63, 3.8) is 0 Å². The van der Waals surface area contributed by atoms with E-state index in [2.05, 4.69) is 48.5 Å². The highest BCUT2D eigenvalue weighted by molar-refractivity contribution is 7.47. The molecule has 0 aliphatic heterocycles. The largest absolute Gasteiger partial charge is 0.472 e. The molecule has 0 aliphatic rings. The van der Waals surface area contributed by atoms with Crippen molar-refractivity contribution in [3.8, 4) is 0 Å². The Labute approximate surface area is 568 Å². The molecule has 552 valence electrons. The Morgan fingerprint density at radius 3 is 0.731 bits per heavy atom. The Kier molecular flexibility index (Phi) is 63.4. The Hall–Kier alpha value is -1.94. The molecule has 0 heterocycles. The molecule has 5 atom stereocenters. The third-order valence-electron chi connectivity index (χ3n) is 17.1. The van der Waals surface area contributed by atoms with Gasteiger partial charge in [-0.2, -0.15) is 0 Å². The quantitative estimate of drug-likeness (QED) is 0.0222. The van der Waals surface area contributed by atoms with Crippen LogP contribution in [0.5, 0.6) is 0 Å². The fourth-order valence-electron chi connectivity index (χ4n) is 11.2. The monoisotopic (exact) mass is 1370 g/mol. The summed E-state index contributed by atoms with van der Waals surface area (Å²) in [5.41, 5.74) is 0. The molecular weight excluding hydrogens is 1220 g/mol. The lowest BCUT2D eigenvalue weighted by molar-refractivity contribution is -0.161. The number of phosphoric ester groups is 2. The predicted octanol–water partition coefficient (Wildman–Crippen LogP) is 21.4. The van der Waals surface area contributed by atoms with Crippen LogP contribution in [0.2, 0.25) is 0 Å². The first-order valence-corrected chi connectivity index (χ1v) is 41.3. The van der Waals surface area contributed by atoms with Gasteiger partial charge in [-0.15, -0.1) is 0 Å². The standard InChI is InChI=1S/C74H144O17P2/c1-8-9-10-11-12-13-14-15-16-17-18-19-22-26-29-34-43-50-57-73(78)90-69(61-84-71(76)55-48-41-33-28-25-23-20-21-24-27-31-38-45-52-65(2)3)63-88-92(80,81)86-59-68(75)60-87-93(82,83)89-64-70(62-85-72(77)56-49-42-37-36-40-47-54-67(6)7)91-74(79)58-51-44-35-30-32-39-46-53-66(4)5/h65-70,75H,8-64H2,1-7H3,(H,80,81)(H,82,83)/t68-,69-,70-/m1/s1. The molecule has 93 heavy (non-hydrogen) atoms. The molecule has 19 heteroatoms. The van der Waals surface area contributed by atoms with Crippen molar-refractivity contribution in [2.24, 2.45) is 17.8 Å². The van der Waals surface area contributed by atoms with Crippen LogP contribution in [-0.4, -0.2) is 96.7 Å². The van der Waals surface area contributed by atoms with Gasteiger partial charge in [0.25, 0.3) is 0 Å². The summed E-state index contributed by atoms with van der Waals surface area (Å²) in [6, 6.07) is 0. The number of esters is 4.